The lowest BCUT2D eigenvalue weighted by Crippen LogP contribution is -2.13. The van der Waals surface area contributed by atoms with Crippen molar-refractivity contribution in [3.8, 4) is 5.75 Å². The number of amides is 1. The molecule has 0 bridgehead atoms. The number of unbranched alkanes of at least 4 members (excludes halogenated alkanes) is 1. The van der Waals surface area contributed by atoms with Crippen LogP contribution in [0.4, 0.5) is 5.69 Å². The molecule has 0 saturated carbocycles. The van der Waals surface area contributed by atoms with Gasteiger partial charge in [-0.1, -0.05) is 43.7 Å². The zero-order chi connectivity index (χ0) is 23.4. The van der Waals surface area contributed by atoms with E-state index < -0.39 is 5.97 Å². The predicted octanol–water partition coefficient (Wildman–Crippen LogP) is 6.50. The minimum absolute atomic E-state index is 0.173. The summed E-state index contributed by atoms with van der Waals surface area (Å²) < 4.78 is 16.9. The van der Waals surface area contributed by atoms with Crippen LogP contribution in [0.1, 0.15) is 35.9 Å². The third-order valence-electron chi connectivity index (χ3n) is 5.40. The molecule has 0 unspecified atom stereocenters. The monoisotopic (exact) mass is 509 g/mol. The molecule has 4 rings (SSSR count). The Labute approximate surface area is 200 Å². The molecule has 6 nitrogen and oxygen atoms in total. The fourth-order valence-electron chi connectivity index (χ4n) is 3.71. The van der Waals surface area contributed by atoms with Gasteiger partial charge in [0.1, 0.15) is 17.1 Å². The molecule has 1 N–H and O–H groups in total. The molecule has 170 valence electrons. The van der Waals surface area contributed by atoms with Gasteiger partial charge in [0.25, 0.3) is 5.91 Å². The number of carbonyl (C=O) groups excluding carboxylic acids is 2. The van der Waals surface area contributed by atoms with Gasteiger partial charge >= 0.3 is 5.97 Å². The number of furan rings is 1. The molecule has 3 aromatic carbocycles. The predicted molar refractivity (Wildman–Crippen MR) is 132 cm³/mol. The Balaban J connectivity index is 1.60. The maximum Gasteiger partial charge on any atom is 0.343 e. The second-order valence-electron chi connectivity index (χ2n) is 7.63. The van der Waals surface area contributed by atoms with Gasteiger partial charge in [0, 0.05) is 17.5 Å². The van der Waals surface area contributed by atoms with E-state index >= 15 is 0 Å². The van der Waals surface area contributed by atoms with Crippen molar-refractivity contribution in [2.24, 2.45) is 0 Å². The van der Waals surface area contributed by atoms with Gasteiger partial charge < -0.3 is 19.2 Å². The van der Waals surface area contributed by atoms with Crippen molar-refractivity contribution in [3.05, 3.63) is 70.4 Å². The molecule has 7 heteroatoms. The Kier molecular flexibility index (Phi) is 6.99. The molecule has 0 aliphatic heterocycles. The van der Waals surface area contributed by atoms with E-state index in [4.69, 9.17) is 9.15 Å². The maximum absolute atomic E-state index is 13.3. The van der Waals surface area contributed by atoms with E-state index in [9.17, 15) is 9.59 Å². The summed E-state index contributed by atoms with van der Waals surface area (Å²) in [4.78, 5) is 24.6. The van der Waals surface area contributed by atoms with Crippen molar-refractivity contribution in [2.45, 2.75) is 26.2 Å². The largest absolute Gasteiger partial charge is 0.481 e. The number of carbonyl (C=O) groups is 2. The number of rotatable bonds is 8. The zero-order valence-electron chi connectivity index (χ0n) is 18.4. The van der Waals surface area contributed by atoms with Gasteiger partial charge in [0.15, 0.2) is 6.61 Å². The molecule has 0 aliphatic carbocycles. The summed E-state index contributed by atoms with van der Waals surface area (Å²) in [5.41, 5.74) is 1.98. The Morgan fingerprint density at radius 2 is 1.88 bits per heavy atom. The molecule has 0 spiro atoms. The first kappa shape index (κ1) is 22.9. The number of methoxy groups -OCH3 is 1. The Morgan fingerprint density at radius 1 is 1.06 bits per heavy atom. The van der Waals surface area contributed by atoms with E-state index in [2.05, 4.69) is 32.9 Å². The standard InChI is InChI=1S/C26H24BrNO5/c1-3-4-8-21-24(19-7-5-6-9-20(19)33-21)26(30)28-17-11-12-18-16(14-17)10-13-22(25(18)27)32-15-23(29)31-2/h5-7,9-14H,3-4,8,15H2,1-2H3,(H,28,30). The number of fused-ring (bicyclic) bond motifs is 2. The van der Waals surface area contributed by atoms with E-state index in [1.807, 2.05) is 48.5 Å². The number of esters is 1. The van der Waals surface area contributed by atoms with Gasteiger partial charge in [-0.25, -0.2) is 4.79 Å². The molecule has 0 atom stereocenters. The van der Waals surface area contributed by atoms with Crippen LogP contribution in [0.5, 0.6) is 5.75 Å². The van der Waals surface area contributed by atoms with Crippen LogP contribution < -0.4 is 10.1 Å². The second kappa shape index (κ2) is 10.1. The topological polar surface area (TPSA) is 77.8 Å². The average molecular weight is 510 g/mol. The molecular formula is C26H24BrNO5. The lowest BCUT2D eigenvalue weighted by Gasteiger charge is -2.11. The van der Waals surface area contributed by atoms with Gasteiger partial charge in [-0.15, -0.1) is 0 Å². The lowest BCUT2D eigenvalue weighted by atomic mass is 10.1. The molecule has 4 aromatic rings. The number of nitrogens with one attached hydrogen (secondary N) is 1. The van der Waals surface area contributed by atoms with E-state index in [0.717, 1.165) is 39.1 Å². The normalized spacial score (nSPS) is 11.0. The molecular weight excluding hydrogens is 486 g/mol. The van der Waals surface area contributed by atoms with E-state index in [-0.39, 0.29) is 12.5 Å². The second-order valence-corrected chi connectivity index (χ2v) is 8.43. The number of benzene rings is 3. The van der Waals surface area contributed by atoms with Crippen molar-refractivity contribution < 1.29 is 23.5 Å². The smallest absolute Gasteiger partial charge is 0.343 e. The number of aryl methyl sites for hydroxylation is 1. The molecule has 0 fully saturated rings. The third-order valence-corrected chi connectivity index (χ3v) is 6.22. The third kappa shape index (κ3) is 4.88. The van der Waals surface area contributed by atoms with Crippen LogP contribution in [0.2, 0.25) is 0 Å². The lowest BCUT2D eigenvalue weighted by molar-refractivity contribution is -0.142. The van der Waals surface area contributed by atoms with Gasteiger partial charge in [0.2, 0.25) is 0 Å². The van der Waals surface area contributed by atoms with Crippen LogP contribution in [0, 0.1) is 0 Å². The maximum atomic E-state index is 13.3. The van der Waals surface area contributed by atoms with Crippen molar-refractivity contribution >= 4 is 55.2 Å². The summed E-state index contributed by atoms with van der Waals surface area (Å²) in [5, 5.41) is 5.64. The summed E-state index contributed by atoms with van der Waals surface area (Å²) in [6.07, 6.45) is 2.68. The van der Waals surface area contributed by atoms with Crippen LogP contribution >= 0.6 is 15.9 Å². The minimum atomic E-state index is -0.454. The SMILES string of the molecule is CCCCc1oc2ccccc2c1C(=O)Nc1ccc2c(Br)c(OCC(=O)OC)ccc2c1. The highest BCUT2D eigenvalue weighted by molar-refractivity contribution is 9.10. The number of ether oxygens (including phenoxy) is 2. The first-order valence-corrected chi connectivity index (χ1v) is 11.5. The summed E-state index contributed by atoms with van der Waals surface area (Å²) in [7, 11) is 1.32. The summed E-state index contributed by atoms with van der Waals surface area (Å²) in [5.74, 6) is 0.606. The fourth-order valence-corrected chi connectivity index (χ4v) is 4.32. The van der Waals surface area contributed by atoms with Crippen molar-refractivity contribution in [2.75, 3.05) is 19.0 Å². The van der Waals surface area contributed by atoms with Crippen LogP contribution in [0.15, 0.2) is 63.5 Å². The van der Waals surface area contributed by atoms with Crippen molar-refractivity contribution in [1.29, 1.82) is 0 Å². The molecule has 0 radical (unpaired) electrons. The number of hydrogen-bond donors (Lipinski definition) is 1. The first-order chi connectivity index (χ1) is 16.0. The van der Waals surface area contributed by atoms with Gasteiger partial charge in [-0.3, -0.25) is 4.79 Å². The Hall–Kier alpha value is -3.32. The van der Waals surface area contributed by atoms with Crippen molar-refractivity contribution in [1.82, 2.24) is 0 Å². The number of para-hydroxylation sites is 1. The van der Waals surface area contributed by atoms with Gasteiger partial charge in [-0.2, -0.15) is 0 Å². The highest BCUT2D eigenvalue weighted by Gasteiger charge is 2.20. The number of hydrogen-bond acceptors (Lipinski definition) is 5. The summed E-state index contributed by atoms with van der Waals surface area (Å²) >= 11 is 3.54. The molecule has 0 saturated heterocycles. The van der Waals surface area contributed by atoms with Crippen LogP contribution in [0.25, 0.3) is 21.7 Å². The van der Waals surface area contributed by atoms with Crippen LogP contribution in [0.3, 0.4) is 0 Å². The molecule has 1 amide bonds. The van der Waals surface area contributed by atoms with Gasteiger partial charge in [-0.05, 0) is 57.4 Å². The van der Waals surface area contributed by atoms with E-state index in [1.165, 1.54) is 7.11 Å². The fraction of sp³-hybridized carbons (Fsp3) is 0.231. The quantitative estimate of drug-likeness (QED) is 0.274. The van der Waals surface area contributed by atoms with E-state index in [1.54, 1.807) is 6.07 Å². The first-order valence-electron chi connectivity index (χ1n) is 10.8. The molecule has 1 aromatic heterocycles. The van der Waals surface area contributed by atoms with Crippen LogP contribution in [-0.2, 0) is 16.0 Å². The molecule has 0 aliphatic rings. The summed E-state index contributed by atoms with van der Waals surface area (Å²) in [6, 6.07) is 16.9. The molecule has 33 heavy (non-hydrogen) atoms. The van der Waals surface area contributed by atoms with Crippen molar-refractivity contribution in [3.63, 3.8) is 0 Å². The highest BCUT2D eigenvalue weighted by atomic mass is 79.9. The molecule has 1 heterocycles. The van der Waals surface area contributed by atoms with E-state index in [0.29, 0.717) is 29.2 Å². The minimum Gasteiger partial charge on any atom is -0.481 e. The number of halogens is 1. The van der Waals surface area contributed by atoms with Crippen LogP contribution in [-0.4, -0.2) is 25.6 Å². The summed E-state index contributed by atoms with van der Waals surface area (Å²) in [6.45, 7) is 1.94. The Morgan fingerprint density at radius 3 is 2.67 bits per heavy atom. The Bertz CT molecular complexity index is 1330. The van der Waals surface area contributed by atoms with Gasteiger partial charge in [0.05, 0.1) is 17.1 Å². The number of anilines is 1. The average Bonchev–Trinajstić information content (AvgIpc) is 3.20. The highest BCUT2D eigenvalue weighted by Crippen LogP contribution is 2.35. The zero-order valence-corrected chi connectivity index (χ0v) is 20.0.